The fourth-order valence-corrected chi connectivity index (χ4v) is 4.23. The van der Waals surface area contributed by atoms with Crippen LogP contribution in [0.3, 0.4) is 0 Å². The number of Topliss-reactive ketones (excluding diaryl/α,β-unsaturated/α-hetero) is 1. The first-order valence-corrected chi connectivity index (χ1v) is 11.8. The van der Waals surface area contributed by atoms with E-state index in [4.69, 9.17) is 18.9 Å². The number of aryl methyl sites for hydroxylation is 1. The number of benzene rings is 2. The summed E-state index contributed by atoms with van der Waals surface area (Å²) in [4.78, 5) is 39.2. The van der Waals surface area contributed by atoms with Gasteiger partial charge >= 0.3 is 5.97 Å². The van der Waals surface area contributed by atoms with E-state index in [1.54, 1.807) is 21.3 Å². The lowest BCUT2D eigenvalue weighted by Crippen LogP contribution is -2.46. The lowest BCUT2D eigenvalue weighted by Gasteiger charge is -2.31. The molecule has 1 amide bonds. The number of piperidine rings is 1. The van der Waals surface area contributed by atoms with E-state index in [1.807, 2.05) is 42.5 Å². The molecule has 1 aliphatic heterocycles. The van der Waals surface area contributed by atoms with Gasteiger partial charge in [0.2, 0.25) is 11.5 Å². The van der Waals surface area contributed by atoms with E-state index in [1.165, 1.54) is 4.90 Å². The first-order chi connectivity index (χ1) is 17.0. The van der Waals surface area contributed by atoms with Crippen LogP contribution in [0.4, 0.5) is 0 Å². The third-order valence-corrected chi connectivity index (χ3v) is 6.07. The second-order valence-corrected chi connectivity index (χ2v) is 8.48. The van der Waals surface area contributed by atoms with E-state index in [-0.39, 0.29) is 25.5 Å². The summed E-state index contributed by atoms with van der Waals surface area (Å²) in [5, 5.41) is 0. The van der Waals surface area contributed by atoms with Crippen molar-refractivity contribution in [2.75, 3.05) is 41.0 Å². The Balaban J connectivity index is 1.47. The smallest absolute Gasteiger partial charge is 0.310 e. The van der Waals surface area contributed by atoms with Crippen molar-refractivity contribution >= 4 is 17.7 Å². The second kappa shape index (κ2) is 12.8. The highest BCUT2D eigenvalue weighted by molar-refractivity contribution is 6.36. The number of amides is 1. The number of ether oxygens (including phenoxy) is 4. The average molecular weight is 484 g/mol. The number of nitrogens with zero attached hydrogens (tertiary/aromatic N) is 1. The van der Waals surface area contributed by atoms with Crippen molar-refractivity contribution in [3.63, 3.8) is 0 Å². The summed E-state index contributed by atoms with van der Waals surface area (Å²) in [6, 6.07) is 12.9. The third-order valence-electron chi connectivity index (χ3n) is 6.07. The largest absolute Gasteiger partial charge is 0.493 e. The third kappa shape index (κ3) is 6.97. The lowest BCUT2D eigenvalue weighted by molar-refractivity contribution is -0.153. The van der Waals surface area contributed by atoms with E-state index in [9.17, 15) is 14.4 Å². The van der Waals surface area contributed by atoms with Crippen LogP contribution in [0.5, 0.6) is 17.2 Å². The minimum Gasteiger partial charge on any atom is -0.493 e. The van der Waals surface area contributed by atoms with Gasteiger partial charge in [0.1, 0.15) is 0 Å². The Morgan fingerprint density at radius 1 is 0.943 bits per heavy atom. The van der Waals surface area contributed by atoms with Crippen LogP contribution in [-0.2, 0) is 32.0 Å². The van der Waals surface area contributed by atoms with Gasteiger partial charge in [-0.2, -0.15) is 0 Å². The summed E-state index contributed by atoms with van der Waals surface area (Å²) in [6.45, 7) is 0.947. The van der Waals surface area contributed by atoms with Crippen LogP contribution in [0.25, 0.3) is 0 Å². The number of likely N-dealkylation sites (tertiary alicyclic amines) is 1. The number of carbonyl (C=O) groups excluding carboxylic acids is 3. The molecule has 188 valence electrons. The molecular formula is C27H33NO7. The van der Waals surface area contributed by atoms with Gasteiger partial charge in [-0.15, -0.1) is 0 Å². The van der Waals surface area contributed by atoms with Crippen LogP contribution in [0.1, 0.15) is 30.4 Å². The zero-order valence-electron chi connectivity index (χ0n) is 20.6. The number of ketones is 1. The molecule has 0 N–H and O–H groups in total. The van der Waals surface area contributed by atoms with Crippen LogP contribution >= 0.6 is 0 Å². The summed E-state index contributed by atoms with van der Waals surface area (Å²) in [7, 11) is 4.69. The molecule has 8 heteroatoms. The summed E-state index contributed by atoms with van der Waals surface area (Å²) in [5.41, 5.74) is 1.77. The molecule has 2 aromatic carbocycles. The average Bonchev–Trinajstić information content (AvgIpc) is 2.90. The zero-order valence-corrected chi connectivity index (χ0v) is 20.6. The monoisotopic (exact) mass is 483 g/mol. The fraction of sp³-hybridized carbons (Fsp3) is 0.444. The molecule has 1 saturated heterocycles. The molecule has 0 radical (unpaired) electrons. The van der Waals surface area contributed by atoms with E-state index < -0.39 is 17.6 Å². The predicted molar refractivity (Wildman–Crippen MR) is 130 cm³/mol. The molecule has 35 heavy (non-hydrogen) atoms. The molecule has 0 bridgehead atoms. The first-order valence-electron chi connectivity index (χ1n) is 11.8. The maximum absolute atomic E-state index is 12.6. The van der Waals surface area contributed by atoms with Gasteiger partial charge in [0.25, 0.3) is 5.91 Å². The topological polar surface area (TPSA) is 91.4 Å². The van der Waals surface area contributed by atoms with Gasteiger partial charge in [-0.25, -0.2) is 0 Å². The minimum absolute atomic E-state index is 0.0617. The van der Waals surface area contributed by atoms with Gasteiger partial charge < -0.3 is 23.8 Å². The van der Waals surface area contributed by atoms with Crippen molar-refractivity contribution in [1.82, 2.24) is 4.90 Å². The summed E-state index contributed by atoms with van der Waals surface area (Å²) < 4.78 is 21.6. The molecule has 0 saturated carbocycles. The zero-order chi connectivity index (χ0) is 25.2. The number of hydrogen-bond donors (Lipinski definition) is 0. The Bertz CT molecular complexity index is 996. The van der Waals surface area contributed by atoms with Crippen molar-refractivity contribution in [2.24, 2.45) is 5.92 Å². The summed E-state index contributed by atoms with van der Waals surface area (Å²) in [5.74, 6) is -0.0605. The van der Waals surface area contributed by atoms with Crippen molar-refractivity contribution in [1.29, 1.82) is 0 Å². The molecule has 0 unspecified atom stereocenters. The lowest BCUT2D eigenvalue weighted by atomic mass is 9.97. The number of hydrogen-bond acceptors (Lipinski definition) is 7. The van der Waals surface area contributed by atoms with Gasteiger partial charge in [-0.05, 0) is 48.9 Å². The van der Waals surface area contributed by atoms with E-state index in [0.717, 1.165) is 11.1 Å². The van der Waals surface area contributed by atoms with Crippen LogP contribution in [-0.4, -0.2) is 63.6 Å². The molecule has 3 rings (SSSR count). The molecule has 0 aliphatic carbocycles. The maximum Gasteiger partial charge on any atom is 0.310 e. The van der Waals surface area contributed by atoms with E-state index >= 15 is 0 Å². The second-order valence-electron chi connectivity index (χ2n) is 8.48. The molecule has 0 aromatic heterocycles. The standard InChI is InChI=1S/C27H33NO7/c1-32-23-16-20(17-24(33-2)25(23)34-3)11-8-14-35-27(31)21-12-7-13-28(18-21)26(30)22(29)15-19-9-5-4-6-10-19/h4-6,9-10,16-17,21H,7-8,11-15,18H2,1-3H3/t21-/m1/s1. The Hall–Kier alpha value is -3.55. The highest BCUT2D eigenvalue weighted by Crippen LogP contribution is 2.38. The SMILES string of the molecule is COc1cc(CCCOC(=O)[C@@H]2CCCN(C(=O)C(=O)Cc3ccccc3)C2)cc(OC)c1OC. The molecule has 1 fully saturated rings. The Labute approximate surface area is 206 Å². The van der Waals surface area contributed by atoms with Gasteiger partial charge in [0, 0.05) is 19.5 Å². The van der Waals surface area contributed by atoms with Crippen LogP contribution < -0.4 is 14.2 Å². The Morgan fingerprint density at radius 2 is 1.63 bits per heavy atom. The van der Waals surface area contributed by atoms with Gasteiger partial charge in [0.15, 0.2) is 11.5 Å². The highest BCUT2D eigenvalue weighted by Gasteiger charge is 2.32. The van der Waals surface area contributed by atoms with Gasteiger partial charge in [-0.3, -0.25) is 14.4 Å². The van der Waals surface area contributed by atoms with Crippen molar-refractivity contribution in [3.8, 4) is 17.2 Å². The summed E-state index contributed by atoms with van der Waals surface area (Å²) >= 11 is 0. The highest BCUT2D eigenvalue weighted by atomic mass is 16.5. The number of carbonyl (C=O) groups is 3. The van der Waals surface area contributed by atoms with Crippen molar-refractivity contribution in [3.05, 3.63) is 53.6 Å². The number of esters is 1. The predicted octanol–water partition coefficient (Wildman–Crippen LogP) is 3.24. The molecule has 8 nitrogen and oxygen atoms in total. The van der Waals surface area contributed by atoms with Crippen LogP contribution in [0.15, 0.2) is 42.5 Å². The minimum atomic E-state index is -0.534. The van der Waals surface area contributed by atoms with Gasteiger partial charge in [0.05, 0.1) is 33.9 Å². The van der Waals surface area contributed by atoms with E-state index in [0.29, 0.717) is 49.5 Å². The number of rotatable bonds is 11. The molecule has 1 atom stereocenters. The molecular weight excluding hydrogens is 450 g/mol. The Kier molecular flexibility index (Phi) is 9.52. The normalized spacial score (nSPS) is 15.3. The van der Waals surface area contributed by atoms with Crippen molar-refractivity contribution < 1.29 is 33.3 Å². The van der Waals surface area contributed by atoms with Crippen LogP contribution in [0.2, 0.25) is 0 Å². The van der Waals surface area contributed by atoms with Crippen molar-refractivity contribution in [2.45, 2.75) is 32.1 Å². The molecule has 0 spiro atoms. The molecule has 1 heterocycles. The van der Waals surface area contributed by atoms with E-state index in [2.05, 4.69) is 0 Å². The van der Waals surface area contributed by atoms with Gasteiger partial charge in [-0.1, -0.05) is 30.3 Å². The number of methoxy groups -OCH3 is 3. The summed E-state index contributed by atoms with van der Waals surface area (Å²) in [6.07, 6.45) is 2.65. The quantitative estimate of drug-likeness (QED) is 0.275. The molecule has 1 aliphatic rings. The fourth-order valence-electron chi connectivity index (χ4n) is 4.23. The Morgan fingerprint density at radius 3 is 2.26 bits per heavy atom. The van der Waals surface area contributed by atoms with Crippen LogP contribution in [0, 0.1) is 5.92 Å². The first kappa shape index (κ1) is 26.1. The maximum atomic E-state index is 12.6. The molecule has 2 aromatic rings.